The number of halogens is 3. The molecule has 181 valence electrons. The van der Waals surface area contributed by atoms with Crippen LogP contribution in [0.25, 0.3) is 22.4 Å². The van der Waals surface area contributed by atoms with Crippen molar-refractivity contribution < 1.29 is 38.4 Å². The van der Waals surface area contributed by atoms with Crippen LogP contribution in [0.3, 0.4) is 0 Å². The fourth-order valence-corrected chi connectivity index (χ4v) is 3.03. The van der Waals surface area contributed by atoms with E-state index in [1.807, 2.05) is 31.3 Å². The van der Waals surface area contributed by atoms with Crippen molar-refractivity contribution in [3.8, 4) is 22.4 Å². The first-order valence-corrected chi connectivity index (χ1v) is 10.5. The molecule has 0 spiro atoms. The minimum absolute atomic E-state index is 0. The van der Waals surface area contributed by atoms with Gasteiger partial charge in [-0.1, -0.05) is 49.4 Å². The molecule has 2 aromatic carbocycles. The van der Waals surface area contributed by atoms with Crippen LogP contribution in [0.15, 0.2) is 85.3 Å². The zero-order valence-electron chi connectivity index (χ0n) is 18.7. The van der Waals surface area contributed by atoms with E-state index in [1.54, 1.807) is 6.07 Å². The van der Waals surface area contributed by atoms with Crippen molar-refractivity contribution in [2.24, 2.45) is 5.92 Å². The van der Waals surface area contributed by atoms with Crippen LogP contribution in [-0.4, -0.2) is 32.2 Å². The van der Waals surface area contributed by atoms with Crippen molar-refractivity contribution in [3.05, 3.63) is 97.0 Å². The number of hydrogen-bond acceptors (Lipinski definition) is 3. The standard InChI is InChI=1S/C18H14N.C8H11F3N2O.Ir/c1-14-10-11-18(19-13-14)17-9-5-8-16(12-17)15-6-3-2-4-7-15;1-6(8(9,10)11)7(14)5-13-4-2-3-12-13;/h2-8,10-13H,1H3;2-4,6-7,14H,5H2,1H3;/q-1;;. The second-order valence-corrected chi connectivity index (χ2v) is 7.70. The molecule has 34 heavy (non-hydrogen) atoms. The molecular weight excluding hydrogens is 620 g/mol. The number of aromatic nitrogens is 3. The van der Waals surface area contributed by atoms with Gasteiger partial charge in [0.15, 0.2) is 0 Å². The van der Waals surface area contributed by atoms with Gasteiger partial charge in [0.25, 0.3) is 0 Å². The number of alkyl halides is 3. The smallest absolute Gasteiger partial charge is 0.391 e. The van der Waals surface area contributed by atoms with Gasteiger partial charge in [0.05, 0.1) is 18.6 Å². The van der Waals surface area contributed by atoms with E-state index in [2.05, 4.69) is 58.6 Å². The molecule has 0 aliphatic carbocycles. The summed E-state index contributed by atoms with van der Waals surface area (Å²) in [6.07, 6.45) is -0.989. The molecule has 2 unspecified atom stereocenters. The average Bonchev–Trinajstić information content (AvgIpc) is 3.32. The molecule has 0 saturated heterocycles. The third-order valence-electron chi connectivity index (χ3n) is 5.12. The van der Waals surface area contributed by atoms with Crippen LogP contribution in [0.1, 0.15) is 12.5 Å². The fourth-order valence-electron chi connectivity index (χ4n) is 3.03. The molecule has 0 bridgehead atoms. The fraction of sp³-hybridized carbons (Fsp3) is 0.231. The van der Waals surface area contributed by atoms with Gasteiger partial charge in [0, 0.05) is 38.7 Å². The molecular formula is C26H25F3IrN3O-. The zero-order chi connectivity index (χ0) is 23.8. The summed E-state index contributed by atoms with van der Waals surface area (Å²) < 4.78 is 37.7. The predicted molar refractivity (Wildman–Crippen MR) is 122 cm³/mol. The Kier molecular flexibility index (Phi) is 10.2. The summed E-state index contributed by atoms with van der Waals surface area (Å²) in [4.78, 5) is 4.45. The van der Waals surface area contributed by atoms with E-state index in [1.165, 1.54) is 33.8 Å². The van der Waals surface area contributed by atoms with Crippen molar-refractivity contribution in [2.75, 3.05) is 0 Å². The second kappa shape index (κ2) is 12.6. The van der Waals surface area contributed by atoms with Crippen molar-refractivity contribution in [1.29, 1.82) is 0 Å². The minimum atomic E-state index is -4.37. The molecule has 4 aromatic rings. The van der Waals surface area contributed by atoms with Gasteiger partial charge in [-0.25, -0.2) is 0 Å². The third kappa shape index (κ3) is 7.90. The molecule has 0 aliphatic heterocycles. The van der Waals surface area contributed by atoms with Crippen LogP contribution in [0.5, 0.6) is 0 Å². The quantitative estimate of drug-likeness (QED) is 0.273. The Morgan fingerprint density at radius 3 is 2.35 bits per heavy atom. The van der Waals surface area contributed by atoms with Gasteiger partial charge in [-0.05, 0) is 29.8 Å². The Morgan fingerprint density at radius 2 is 1.76 bits per heavy atom. The molecule has 4 rings (SSSR count). The Morgan fingerprint density at radius 1 is 1.03 bits per heavy atom. The van der Waals surface area contributed by atoms with Gasteiger partial charge in [0.1, 0.15) is 0 Å². The van der Waals surface area contributed by atoms with E-state index >= 15 is 0 Å². The van der Waals surface area contributed by atoms with Crippen molar-refractivity contribution in [1.82, 2.24) is 14.8 Å². The van der Waals surface area contributed by atoms with E-state index in [-0.39, 0.29) is 26.7 Å². The SMILES string of the molecule is CC(C(O)Cn1cccn1)C(F)(F)F.Cc1ccc(-c2[c-]ccc(-c3ccccc3)c2)nc1.[Ir]. The first-order valence-electron chi connectivity index (χ1n) is 10.5. The van der Waals surface area contributed by atoms with Gasteiger partial charge in [0.2, 0.25) is 0 Å². The van der Waals surface area contributed by atoms with E-state index in [0.29, 0.717) is 0 Å². The van der Waals surface area contributed by atoms with Crippen LogP contribution in [-0.2, 0) is 26.7 Å². The van der Waals surface area contributed by atoms with Crippen LogP contribution in [0.4, 0.5) is 13.2 Å². The van der Waals surface area contributed by atoms with Crippen molar-refractivity contribution in [2.45, 2.75) is 32.7 Å². The number of aliphatic hydroxyl groups excluding tert-OH is 1. The first kappa shape index (κ1) is 27.4. The van der Waals surface area contributed by atoms with Crippen LogP contribution in [0.2, 0.25) is 0 Å². The van der Waals surface area contributed by atoms with Gasteiger partial charge in [-0.2, -0.15) is 18.3 Å². The van der Waals surface area contributed by atoms with Crippen LogP contribution in [0, 0.1) is 18.9 Å². The first-order chi connectivity index (χ1) is 15.7. The Hall–Kier alpha value is -2.80. The molecule has 0 fully saturated rings. The molecule has 1 radical (unpaired) electrons. The largest absolute Gasteiger partial charge is 0.394 e. The minimum Gasteiger partial charge on any atom is -0.391 e. The Labute approximate surface area is 210 Å². The summed E-state index contributed by atoms with van der Waals surface area (Å²) in [5.41, 5.74) is 5.56. The maximum Gasteiger partial charge on any atom is 0.394 e. The number of benzene rings is 2. The molecule has 2 heterocycles. The van der Waals surface area contributed by atoms with E-state index in [0.717, 1.165) is 18.2 Å². The monoisotopic (exact) mass is 645 g/mol. The molecule has 4 nitrogen and oxygen atoms in total. The van der Waals surface area contributed by atoms with E-state index < -0.39 is 18.2 Å². The maximum absolute atomic E-state index is 12.1. The number of aryl methyl sites for hydroxylation is 1. The third-order valence-corrected chi connectivity index (χ3v) is 5.12. The molecule has 8 heteroatoms. The molecule has 0 saturated carbocycles. The average molecular weight is 645 g/mol. The van der Waals surface area contributed by atoms with Gasteiger partial charge < -0.3 is 10.1 Å². The summed E-state index contributed by atoms with van der Waals surface area (Å²) in [5.74, 6) is -1.74. The normalized spacial score (nSPS) is 12.6. The summed E-state index contributed by atoms with van der Waals surface area (Å²) in [6.45, 7) is 2.85. The Balaban J connectivity index is 0.000000245. The molecule has 0 amide bonds. The number of nitrogens with zero attached hydrogens (tertiary/aromatic N) is 3. The van der Waals surface area contributed by atoms with Crippen LogP contribution >= 0.6 is 0 Å². The summed E-state index contributed by atoms with van der Waals surface area (Å²) in [7, 11) is 0. The van der Waals surface area contributed by atoms with Crippen molar-refractivity contribution in [3.63, 3.8) is 0 Å². The number of hydrogen-bond donors (Lipinski definition) is 1. The number of aliphatic hydroxyl groups is 1. The molecule has 1 N–H and O–H groups in total. The number of pyridine rings is 1. The zero-order valence-corrected chi connectivity index (χ0v) is 21.1. The van der Waals surface area contributed by atoms with Gasteiger partial charge >= 0.3 is 6.18 Å². The predicted octanol–water partition coefficient (Wildman–Crippen LogP) is 5.96. The summed E-state index contributed by atoms with van der Waals surface area (Å²) in [6, 6.07) is 25.5. The maximum atomic E-state index is 12.1. The van der Waals surface area contributed by atoms with E-state index in [4.69, 9.17) is 0 Å². The van der Waals surface area contributed by atoms with Gasteiger partial charge in [-0.15, -0.1) is 35.4 Å². The van der Waals surface area contributed by atoms with Crippen molar-refractivity contribution >= 4 is 0 Å². The molecule has 0 aliphatic rings. The topological polar surface area (TPSA) is 50.9 Å². The second-order valence-electron chi connectivity index (χ2n) is 7.70. The summed E-state index contributed by atoms with van der Waals surface area (Å²) in [5, 5.41) is 13.0. The number of rotatable bonds is 5. The summed E-state index contributed by atoms with van der Waals surface area (Å²) >= 11 is 0. The van der Waals surface area contributed by atoms with E-state index in [9.17, 15) is 18.3 Å². The molecule has 2 aromatic heterocycles. The Bertz CT molecular complexity index is 1120. The molecule has 2 atom stereocenters. The van der Waals surface area contributed by atoms with Crippen LogP contribution < -0.4 is 0 Å². The van der Waals surface area contributed by atoms with Gasteiger partial charge in [-0.3, -0.25) is 4.68 Å².